The monoisotopic (exact) mass is 273 g/mol. The van der Waals surface area contributed by atoms with Crippen LogP contribution in [0.2, 0.25) is 18.1 Å². The summed E-state index contributed by atoms with van der Waals surface area (Å²) in [7, 11) is -0.743. The molecule has 0 spiro atoms. The Hall–Kier alpha value is -0.973. The fourth-order valence-corrected chi connectivity index (χ4v) is 2.07. The molecule has 6 heteroatoms. The Kier molecular flexibility index (Phi) is 5.47. The predicted octanol–water partition coefficient (Wildman–Crippen LogP) is 2.28. The Balaban J connectivity index is 4.96. The minimum Gasteiger partial charge on any atom is -0.467 e. The molecule has 0 rings (SSSR count). The molecule has 0 aliphatic carbocycles. The summed E-state index contributed by atoms with van der Waals surface area (Å²) >= 11 is 0. The van der Waals surface area contributed by atoms with Gasteiger partial charge in [-0.15, -0.1) is 0 Å². The molecule has 0 aliphatic rings. The Morgan fingerprint density at radius 3 is 2.11 bits per heavy atom. The summed E-state index contributed by atoms with van der Waals surface area (Å²) in [6, 6.07) is 0. The molecule has 0 aromatic heterocycles. The first-order valence-electron chi connectivity index (χ1n) is 5.81. The summed E-state index contributed by atoms with van der Waals surface area (Å²) in [6.45, 7) is 12.0. The predicted molar refractivity (Wildman–Crippen MR) is 71.7 cm³/mol. The highest BCUT2D eigenvalue weighted by molar-refractivity contribution is 6.74. The van der Waals surface area contributed by atoms with Crippen molar-refractivity contribution >= 4 is 20.4 Å². The zero-order valence-electron chi connectivity index (χ0n) is 12.3. The van der Waals surface area contributed by atoms with Crippen molar-refractivity contribution in [1.82, 2.24) is 0 Å². The van der Waals surface area contributed by atoms with Gasteiger partial charge in [0.2, 0.25) is 6.08 Å². The minimum atomic E-state index is -2.00. The van der Waals surface area contributed by atoms with E-state index in [1.54, 1.807) is 0 Å². The molecule has 104 valence electrons. The molecular formula is C12H23NO4Si. The maximum absolute atomic E-state index is 11.6. The van der Waals surface area contributed by atoms with E-state index in [1.165, 1.54) is 20.1 Å². The summed E-state index contributed by atoms with van der Waals surface area (Å²) in [6.07, 6.45) is 1.41. The van der Waals surface area contributed by atoms with E-state index in [2.05, 4.69) is 43.6 Å². The van der Waals surface area contributed by atoms with Gasteiger partial charge >= 0.3 is 5.97 Å². The van der Waals surface area contributed by atoms with Gasteiger partial charge in [-0.25, -0.2) is 9.59 Å². The van der Waals surface area contributed by atoms with Crippen molar-refractivity contribution in [3.05, 3.63) is 0 Å². The molecule has 0 aliphatic heterocycles. The van der Waals surface area contributed by atoms with Gasteiger partial charge in [0.25, 0.3) is 0 Å². The van der Waals surface area contributed by atoms with Crippen LogP contribution in [0, 0.1) is 0 Å². The van der Waals surface area contributed by atoms with Crippen LogP contribution in [0.25, 0.3) is 0 Å². The zero-order chi connectivity index (χ0) is 14.6. The Bertz CT molecular complexity index is 356. The van der Waals surface area contributed by atoms with Crippen LogP contribution in [-0.2, 0) is 18.8 Å². The van der Waals surface area contributed by atoms with Crippen LogP contribution in [0.3, 0.4) is 0 Å². The third kappa shape index (κ3) is 4.05. The van der Waals surface area contributed by atoms with Gasteiger partial charge in [-0.2, -0.15) is 4.99 Å². The molecular weight excluding hydrogens is 250 g/mol. The average Bonchev–Trinajstić information content (AvgIpc) is 2.24. The van der Waals surface area contributed by atoms with Crippen molar-refractivity contribution in [2.45, 2.75) is 51.4 Å². The van der Waals surface area contributed by atoms with Crippen molar-refractivity contribution in [2.24, 2.45) is 4.99 Å². The lowest BCUT2D eigenvalue weighted by Crippen LogP contribution is -2.47. The molecule has 0 radical (unpaired) electrons. The fraction of sp³-hybridized carbons (Fsp3) is 0.833. The number of methoxy groups -OCH3 is 1. The smallest absolute Gasteiger partial charge is 0.336 e. The number of nitrogens with zero attached hydrogens (tertiary/aromatic N) is 1. The molecule has 18 heavy (non-hydrogen) atoms. The van der Waals surface area contributed by atoms with Gasteiger partial charge in [0.1, 0.15) is 0 Å². The molecule has 0 amide bonds. The van der Waals surface area contributed by atoms with E-state index in [0.717, 1.165) is 0 Å². The molecule has 0 heterocycles. The Labute approximate surface area is 110 Å². The largest absolute Gasteiger partial charge is 0.467 e. The van der Waals surface area contributed by atoms with Gasteiger partial charge in [0.15, 0.2) is 13.9 Å². The number of ether oxygens (including phenoxy) is 1. The number of carbonyl (C=O) groups is 1. The lowest BCUT2D eigenvalue weighted by Gasteiger charge is -2.37. The number of carbonyl (C=O) groups excluding carboxylic acids is 2. The van der Waals surface area contributed by atoms with Crippen molar-refractivity contribution in [3.63, 3.8) is 0 Å². The fourth-order valence-electron chi connectivity index (χ4n) is 0.995. The van der Waals surface area contributed by atoms with Crippen LogP contribution >= 0.6 is 0 Å². The molecule has 1 atom stereocenters. The molecule has 0 bridgehead atoms. The van der Waals surface area contributed by atoms with E-state index in [9.17, 15) is 9.59 Å². The van der Waals surface area contributed by atoms with E-state index >= 15 is 0 Å². The van der Waals surface area contributed by atoms with Crippen molar-refractivity contribution < 1.29 is 18.8 Å². The van der Waals surface area contributed by atoms with Gasteiger partial charge < -0.3 is 9.16 Å². The molecule has 0 aromatic rings. The second-order valence-corrected chi connectivity index (χ2v) is 10.8. The van der Waals surface area contributed by atoms with Crippen molar-refractivity contribution in [2.75, 3.05) is 13.7 Å². The average molecular weight is 273 g/mol. The highest BCUT2D eigenvalue weighted by atomic mass is 28.4. The first kappa shape index (κ1) is 17.0. The lowest BCUT2D eigenvalue weighted by molar-refractivity contribution is -0.147. The number of esters is 1. The number of rotatable bonds is 5. The standard InChI is InChI=1S/C12H23NO4Si/c1-11(2,3)18(6,7)17-8-12(4,13-9-14)10(15)16-5/h8H2,1-7H3. The lowest BCUT2D eigenvalue weighted by atomic mass is 10.1. The van der Waals surface area contributed by atoms with E-state index in [0.29, 0.717) is 0 Å². The highest BCUT2D eigenvalue weighted by Crippen LogP contribution is 2.37. The van der Waals surface area contributed by atoms with Gasteiger partial charge in [-0.3, -0.25) is 0 Å². The third-order valence-corrected chi connectivity index (χ3v) is 7.92. The molecule has 0 N–H and O–H groups in total. The van der Waals surface area contributed by atoms with Crippen LogP contribution in [0.1, 0.15) is 27.7 Å². The van der Waals surface area contributed by atoms with Crippen LogP contribution < -0.4 is 0 Å². The quantitative estimate of drug-likeness (QED) is 0.333. The first-order valence-corrected chi connectivity index (χ1v) is 8.72. The topological polar surface area (TPSA) is 65.0 Å². The maximum Gasteiger partial charge on any atom is 0.336 e. The first-order chi connectivity index (χ1) is 8.00. The molecule has 0 saturated heterocycles. The zero-order valence-corrected chi connectivity index (χ0v) is 13.3. The van der Waals surface area contributed by atoms with Crippen molar-refractivity contribution in [1.29, 1.82) is 0 Å². The SMILES string of the molecule is COC(=O)C(C)(CO[Si](C)(C)C(C)(C)C)N=C=O. The van der Waals surface area contributed by atoms with Crippen LogP contribution in [0.4, 0.5) is 0 Å². The summed E-state index contributed by atoms with van der Waals surface area (Å²) in [5.41, 5.74) is -1.31. The Morgan fingerprint density at radius 1 is 1.28 bits per heavy atom. The van der Waals surface area contributed by atoms with Gasteiger partial charge in [-0.1, -0.05) is 20.8 Å². The van der Waals surface area contributed by atoms with Crippen LogP contribution in [0.15, 0.2) is 4.99 Å². The van der Waals surface area contributed by atoms with E-state index in [4.69, 9.17) is 4.43 Å². The maximum atomic E-state index is 11.6. The molecule has 1 unspecified atom stereocenters. The van der Waals surface area contributed by atoms with Gasteiger partial charge in [0.05, 0.1) is 13.7 Å². The number of hydrogen-bond donors (Lipinski definition) is 0. The summed E-state index contributed by atoms with van der Waals surface area (Å²) in [4.78, 5) is 25.6. The summed E-state index contributed by atoms with van der Waals surface area (Å²) in [5.74, 6) is -0.593. The Morgan fingerprint density at radius 2 is 1.78 bits per heavy atom. The number of hydrogen-bond acceptors (Lipinski definition) is 5. The number of aliphatic imine (C=N–C) groups is 1. The van der Waals surface area contributed by atoms with Crippen LogP contribution in [-0.4, -0.2) is 39.6 Å². The summed E-state index contributed by atoms with van der Waals surface area (Å²) < 4.78 is 10.5. The third-order valence-electron chi connectivity index (χ3n) is 3.44. The van der Waals surface area contributed by atoms with Crippen LogP contribution in [0.5, 0.6) is 0 Å². The molecule has 0 saturated carbocycles. The van der Waals surface area contributed by atoms with E-state index in [-0.39, 0.29) is 11.6 Å². The minimum absolute atomic E-state index is 0.0227. The molecule has 0 aromatic carbocycles. The van der Waals surface area contributed by atoms with E-state index < -0.39 is 19.8 Å². The molecule has 5 nitrogen and oxygen atoms in total. The number of isocyanates is 1. The second kappa shape index (κ2) is 5.78. The van der Waals surface area contributed by atoms with Gasteiger partial charge in [0, 0.05) is 0 Å². The van der Waals surface area contributed by atoms with E-state index in [1.807, 2.05) is 0 Å². The second-order valence-electron chi connectivity index (χ2n) is 6.02. The van der Waals surface area contributed by atoms with Gasteiger partial charge in [-0.05, 0) is 25.1 Å². The molecule has 0 fully saturated rings. The highest BCUT2D eigenvalue weighted by Gasteiger charge is 2.42. The summed E-state index contributed by atoms with van der Waals surface area (Å²) in [5, 5.41) is 0.0227. The van der Waals surface area contributed by atoms with Crippen molar-refractivity contribution in [3.8, 4) is 0 Å². The normalized spacial score (nSPS) is 15.5.